The molecule has 0 fully saturated rings. The molecule has 252 valence electrons. The minimum atomic E-state index is -0.332. The highest BCUT2D eigenvalue weighted by atomic mass is 79.9. The van der Waals surface area contributed by atoms with E-state index < -0.39 is 0 Å². The Morgan fingerprint density at radius 1 is 0.860 bits per heavy atom. The molecule has 6 aromatic rings. The lowest BCUT2D eigenvalue weighted by atomic mass is 10.1. The fourth-order valence-electron chi connectivity index (χ4n) is 4.75. The minimum Gasteiger partial charge on any atom is -0.493 e. The zero-order valence-corrected chi connectivity index (χ0v) is 31.3. The largest absolute Gasteiger partial charge is 0.493 e. The van der Waals surface area contributed by atoms with E-state index >= 15 is 0 Å². The van der Waals surface area contributed by atoms with E-state index in [-0.39, 0.29) is 5.91 Å². The molecule has 0 radical (unpaired) electrons. The van der Waals surface area contributed by atoms with E-state index in [1.54, 1.807) is 25.5 Å². The molecule has 1 aromatic heterocycles. The summed E-state index contributed by atoms with van der Waals surface area (Å²) in [5, 5.41) is 10.8. The smallest absolute Gasteiger partial charge is 0.271 e. The van der Waals surface area contributed by atoms with Gasteiger partial charge in [-0.2, -0.15) is 5.10 Å². The summed E-state index contributed by atoms with van der Waals surface area (Å²) in [6.07, 6.45) is 1.56. The van der Waals surface area contributed by atoms with E-state index in [9.17, 15) is 4.79 Å². The molecule has 12 heteroatoms. The number of thiazole rings is 1. The van der Waals surface area contributed by atoms with Gasteiger partial charge in [-0.05, 0) is 109 Å². The van der Waals surface area contributed by atoms with Gasteiger partial charge in [0.25, 0.3) is 5.91 Å². The lowest BCUT2D eigenvalue weighted by Gasteiger charge is -2.14. The standard InChI is InChI=1S/C38H29Br2ClN4O4S/c1-47-35-19-25(7-16-34(35)48-21-24-5-3-2-4-6-24)22-49-36-31(39)17-26(18-32(36)40)20-42-45-37(46)28-10-8-27(9-11-28)33-23-50-38(44-33)43-30-14-12-29(41)13-15-30/h2-20,23H,21-22H2,1H3,(H,43,44)(H,45,46)/b42-20-. The molecule has 0 atom stereocenters. The lowest BCUT2D eigenvalue weighted by Crippen LogP contribution is -2.17. The summed E-state index contributed by atoms with van der Waals surface area (Å²) in [6, 6.07) is 34.0. The maximum absolute atomic E-state index is 12.8. The van der Waals surface area contributed by atoms with Crippen LogP contribution in [-0.2, 0) is 13.2 Å². The fraction of sp³-hybridized carbons (Fsp3) is 0.0789. The molecular formula is C38H29Br2ClN4O4S. The maximum atomic E-state index is 12.8. The van der Waals surface area contributed by atoms with Crippen molar-refractivity contribution in [3.8, 4) is 28.5 Å². The second-order valence-corrected chi connectivity index (χ2v) is 13.8. The highest BCUT2D eigenvalue weighted by Gasteiger charge is 2.12. The summed E-state index contributed by atoms with van der Waals surface area (Å²) in [5.74, 6) is 1.58. The molecule has 0 aliphatic rings. The number of amides is 1. The van der Waals surface area contributed by atoms with Crippen molar-refractivity contribution in [2.75, 3.05) is 12.4 Å². The van der Waals surface area contributed by atoms with Gasteiger partial charge in [-0.3, -0.25) is 4.79 Å². The van der Waals surface area contributed by atoms with Crippen LogP contribution in [0.25, 0.3) is 11.3 Å². The van der Waals surface area contributed by atoms with E-state index in [0.29, 0.717) is 41.0 Å². The van der Waals surface area contributed by atoms with Crippen LogP contribution in [0.3, 0.4) is 0 Å². The number of rotatable bonds is 13. The molecule has 8 nitrogen and oxygen atoms in total. The lowest BCUT2D eigenvalue weighted by molar-refractivity contribution is 0.0955. The molecule has 0 aliphatic carbocycles. The topological polar surface area (TPSA) is 94.1 Å². The number of halogens is 3. The number of methoxy groups -OCH3 is 1. The van der Waals surface area contributed by atoms with Gasteiger partial charge < -0.3 is 19.5 Å². The third-order valence-corrected chi connectivity index (χ3v) is 9.48. The molecule has 0 saturated heterocycles. The molecule has 0 aliphatic heterocycles. The zero-order chi connectivity index (χ0) is 34.9. The molecule has 0 saturated carbocycles. The van der Waals surface area contributed by atoms with Gasteiger partial charge in [0, 0.05) is 27.2 Å². The molecule has 5 aromatic carbocycles. The first-order valence-corrected chi connectivity index (χ1v) is 18.1. The van der Waals surface area contributed by atoms with Crippen LogP contribution < -0.4 is 25.0 Å². The highest BCUT2D eigenvalue weighted by molar-refractivity contribution is 9.11. The maximum Gasteiger partial charge on any atom is 0.271 e. The third-order valence-electron chi connectivity index (χ3n) is 7.29. The molecule has 2 N–H and O–H groups in total. The Hall–Kier alpha value is -4.68. The van der Waals surface area contributed by atoms with Crippen molar-refractivity contribution in [3.05, 3.63) is 151 Å². The van der Waals surface area contributed by atoms with Gasteiger partial charge in [0.1, 0.15) is 19.0 Å². The Morgan fingerprint density at radius 2 is 1.58 bits per heavy atom. The van der Waals surface area contributed by atoms with Crippen LogP contribution in [0.1, 0.15) is 27.0 Å². The Morgan fingerprint density at radius 3 is 2.30 bits per heavy atom. The van der Waals surface area contributed by atoms with E-state index in [1.807, 2.05) is 102 Å². The molecule has 1 heterocycles. The normalized spacial score (nSPS) is 11.0. The summed E-state index contributed by atoms with van der Waals surface area (Å²) in [6.45, 7) is 0.748. The van der Waals surface area contributed by atoms with Gasteiger partial charge >= 0.3 is 0 Å². The van der Waals surface area contributed by atoms with Crippen molar-refractivity contribution in [2.45, 2.75) is 13.2 Å². The SMILES string of the molecule is COc1cc(COc2c(Br)cc(/C=N\NC(=O)c3ccc(-c4csc(Nc5ccc(Cl)cc5)n4)cc3)cc2Br)ccc1OCc1ccccc1. The Bertz CT molecular complexity index is 2090. The second kappa shape index (κ2) is 16.8. The van der Waals surface area contributed by atoms with Crippen molar-refractivity contribution < 1.29 is 19.0 Å². The molecule has 0 unspecified atom stereocenters. The third kappa shape index (κ3) is 9.30. The number of hydrogen-bond acceptors (Lipinski definition) is 8. The van der Waals surface area contributed by atoms with Crippen molar-refractivity contribution >= 4 is 77.7 Å². The van der Waals surface area contributed by atoms with Gasteiger partial charge in [-0.1, -0.05) is 60.1 Å². The first-order valence-electron chi connectivity index (χ1n) is 15.2. The predicted molar refractivity (Wildman–Crippen MR) is 207 cm³/mol. The highest BCUT2D eigenvalue weighted by Crippen LogP contribution is 2.36. The average molecular weight is 833 g/mol. The summed E-state index contributed by atoms with van der Waals surface area (Å²) >= 11 is 14.7. The second-order valence-electron chi connectivity index (χ2n) is 10.8. The molecule has 0 spiro atoms. The minimum absolute atomic E-state index is 0.304. The van der Waals surface area contributed by atoms with Crippen LogP contribution >= 0.6 is 54.8 Å². The summed E-state index contributed by atoms with van der Waals surface area (Å²) < 4.78 is 19.1. The number of carbonyl (C=O) groups is 1. The van der Waals surface area contributed by atoms with Crippen LogP contribution in [0, 0.1) is 0 Å². The number of nitrogens with zero attached hydrogens (tertiary/aromatic N) is 2. The molecule has 6 rings (SSSR count). The Balaban J connectivity index is 1.01. The fourth-order valence-corrected chi connectivity index (χ4v) is 7.06. The summed E-state index contributed by atoms with van der Waals surface area (Å²) in [4.78, 5) is 17.4. The quantitative estimate of drug-likeness (QED) is 0.0889. The van der Waals surface area contributed by atoms with E-state index in [1.165, 1.54) is 11.3 Å². The summed E-state index contributed by atoms with van der Waals surface area (Å²) in [5.41, 5.74) is 8.40. The van der Waals surface area contributed by atoms with Gasteiger partial charge in [0.05, 0.1) is 28.0 Å². The van der Waals surface area contributed by atoms with Crippen molar-refractivity contribution in [1.29, 1.82) is 0 Å². The number of hydrogen-bond donors (Lipinski definition) is 2. The van der Waals surface area contributed by atoms with Gasteiger partial charge in [0.2, 0.25) is 0 Å². The molecule has 1 amide bonds. The van der Waals surface area contributed by atoms with E-state index in [0.717, 1.165) is 47.7 Å². The zero-order valence-electron chi connectivity index (χ0n) is 26.5. The van der Waals surface area contributed by atoms with Gasteiger partial charge in [0.15, 0.2) is 16.6 Å². The first-order chi connectivity index (χ1) is 24.3. The van der Waals surface area contributed by atoms with Crippen LogP contribution in [0.4, 0.5) is 10.8 Å². The number of carbonyl (C=O) groups excluding carboxylic acids is 1. The monoisotopic (exact) mass is 830 g/mol. The first kappa shape index (κ1) is 35.2. The summed E-state index contributed by atoms with van der Waals surface area (Å²) in [7, 11) is 1.61. The van der Waals surface area contributed by atoms with Crippen LogP contribution in [0.5, 0.6) is 17.2 Å². The number of aromatic nitrogens is 1. The number of benzene rings is 5. The van der Waals surface area contributed by atoms with Crippen molar-refractivity contribution in [3.63, 3.8) is 0 Å². The van der Waals surface area contributed by atoms with E-state index in [2.05, 4.69) is 52.7 Å². The Labute approximate surface area is 315 Å². The average Bonchev–Trinajstić information content (AvgIpc) is 3.60. The van der Waals surface area contributed by atoms with Crippen molar-refractivity contribution in [1.82, 2.24) is 10.4 Å². The van der Waals surface area contributed by atoms with Gasteiger partial charge in [-0.25, -0.2) is 10.4 Å². The molecule has 0 bridgehead atoms. The predicted octanol–water partition coefficient (Wildman–Crippen LogP) is 10.7. The van der Waals surface area contributed by atoms with Gasteiger partial charge in [-0.15, -0.1) is 11.3 Å². The Kier molecular flexibility index (Phi) is 11.8. The molecular weight excluding hydrogens is 804 g/mol. The number of nitrogens with one attached hydrogen (secondary N) is 2. The van der Waals surface area contributed by atoms with Crippen LogP contribution in [0.2, 0.25) is 5.02 Å². The number of hydrazone groups is 1. The van der Waals surface area contributed by atoms with Crippen LogP contribution in [0.15, 0.2) is 129 Å². The van der Waals surface area contributed by atoms with E-state index in [4.69, 9.17) is 25.8 Å². The van der Waals surface area contributed by atoms with Crippen LogP contribution in [-0.4, -0.2) is 24.2 Å². The number of anilines is 2. The number of ether oxygens (including phenoxy) is 3. The van der Waals surface area contributed by atoms with Crippen molar-refractivity contribution in [2.24, 2.45) is 5.10 Å². The molecule has 50 heavy (non-hydrogen) atoms.